The van der Waals surface area contributed by atoms with Crippen LogP contribution in [-0.2, 0) is 14.4 Å². The summed E-state index contributed by atoms with van der Waals surface area (Å²) in [5, 5.41) is 13.1. The number of imide groups is 1. The summed E-state index contributed by atoms with van der Waals surface area (Å²) < 4.78 is 5.36. The second-order valence-corrected chi connectivity index (χ2v) is 8.78. The lowest BCUT2D eigenvalue weighted by molar-refractivity contribution is -0.123. The van der Waals surface area contributed by atoms with Crippen LogP contribution in [-0.4, -0.2) is 54.0 Å². The number of amides is 3. The van der Waals surface area contributed by atoms with Crippen molar-refractivity contribution in [2.75, 3.05) is 30.4 Å². The third-order valence-electron chi connectivity index (χ3n) is 6.33. The molecule has 2 fully saturated rings. The van der Waals surface area contributed by atoms with Crippen molar-refractivity contribution in [1.82, 2.24) is 4.90 Å². The molecule has 4 rings (SSSR count). The van der Waals surface area contributed by atoms with Gasteiger partial charge in [-0.25, -0.2) is 4.90 Å². The van der Waals surface area contributed by atoms with Gasteiger partial charge in [-0.05, 0) is 56.6 Å². The number of halogens is 1. The van der Waals surface area contributed by atoms with Crippen LogP contribution in [0.1, 0.15) is 24.8 Å². The number of likely N-dealkylation sites (tertiary alicyclic amines) is 1. The van der Waals surface area contributed by atoms with Gasteiger partial charge in [-0.3, -0.25) is 19.3 Å². The van der Waals surface area contributed by atoms with E-state index in [-0.39, 0.29) is 35.8 Å². The van der Waals surface area contributed by atoms with E-state index in [2.05, 4.69) is 5.32 Å². The number of carbonyl (C=O) groups is 3. The Kier molecular flexibility index (Phi) is 6.58. The van der Waals surface area contributed by atoms with E-state index in [4.69, 9.17) is 16.3 Å². The Labute approximate surface area is 197 Å². The molecule has 0 radical (unpaired) electrons. The van der Waals surface area contributed by atoms with Gasteiger partial charge in [0.2, 0.25) is 11.8 Å². The highest BCUT2D eigenvalue weighted by Crippen LogP contribution is 2.37. The second-order valence-electron chi connectivity index (χ2n) is 8.38. The number of hydrogen-bond donors (Lipinski definition) is 2. The molecule has 0 aromatic heterocycles. The molecule has 0 bridgehead atoms. The molecule has 2 N–H and O–H groups in total. The standard InChI is InChI=1S/C24H26ClN3O5/c1-14-11-18(21(33-2)12-16(14)25)28-22(30)13-19(24(28)32)27-9-7-15(8-10-27)23(31)26-17-5-3-4-6-20(17)29/h3-6,11-12,15,19,29H,7-10,13H2,1-2H3,(H,26,31)/t19-/m0/s1. The van der Waals surface area contributed by atoms with E-state index < -0.39 is 6.04 Å². The van der Waals surface area contributed by atoms with Gasteiger partial charge in [0, 0.05) is 17.0 Å². The molecule has 0 unspecified atom stereocenters. The largest absolute Gasteiger partial charge is 0.506 e. The van der Waals surface area contributed by atoms with E-state index in [9.17, 15) is 19.5 Å². The summed E-state index contributed by atoms with van der Waals surface area (Å²) in [6.45, 7) is 2.85. The number of nitrogens with zero attached hydrogens (tertiary/aromatic N) is 2. The Hall–Kier alpha value is -3.10. The van der Waals surface area contributed by atoms with Crippen molar-refractivity contribution in [3.8, 4) is 11.5 Å². The predicted octanol–water partition coefficient (Wildman–Crippen LogP) is 3.35. The maximum atomic E-state index is 13.2. The van der Waals surface area contributed by atoms with Crippen molar-refractivity contribution in [2.45, 2.75) is 32.2 Å². The SMILES string of the molecule is COc1cc(Cl)c(C)cc1N1C(=O)C[C@H](N2CCC(C(=O)Nc3ccccc3O)CC2)C1=O. The van der Waals surface area contributed by atoms with Gasteiger partial charge in [0.1, 0.15) is 11.5 Å². The van der Waals surface area contributed by atoms with Crippen LogP contribution in [0, 0.1) is 12.8 Å². The zero-order valence-corrected chi connectivity index (χ0v) is 19.3. The van der Waals surface area contributed by atoms with E-state index in [1.165, 1.54) is 18.1 Å². The highest BCUT2D eigenvalue weighted by Gasteiger charge is 2.45. The van der Waals surface area contributed by atoms with E-state index in [0.29, 0.717) is 48.1 Å². The number of phenols is 1. The fraction of sp³-hybridized carbons (Fsp3) is 0.375. The quantitative estimate of drug-likeness (QED) is 0.512. The summed E-state index contributed by atoms with van der Waals surface area (Å²) in [5.74, 6) is -0.587. The number of rotatable bonds is 5. The number of benzene rings is 2. The van der Waals surface area contributed by atoms with E-state index in [1.807, 2.05) is 4.90 Å². The van der Waals surface area contributed by atoms with E-state index in [0.717, 1.165) is 5.56 Å². The Morgan fingerprint density at radius 1 is 1.18 bits per heavy atom. The van der Waals surface area contributed by atoms with Gasteiger partial charge in [0.15, 0.2) is 0 Å². The predicted molar refractivity (Wildman–Crippen MR) is 125 cm³/mol. The summed E-state index contributed by atoms with van der Waals surface area (Å²) in [7, 11) is 1.47. The summed E-state index contributed by atoms with van der Waals surface area (Å²) in [5.41, 5.74) is 1.52. The number of piperidine rings is 1. The number of hydrogen-bond acceptors (Lipinski definition) is 6. The number of nitrogens with one attached hydrogen (secondary N) is 1. The molecule has 2 saturated heterocycles. The number of ether oxygens (including phenoxy) is 1. The topological polar surface area (TPSA) is 99.2 Å². The molecular formula is C24H26ClN3O5. The third kappa shape index (κ3) is 4.54. The zero-order chi connectivity index (χ0) is 23.7. The molecule has 8 nitrogen and oxygen atoms in total. The first-order valence-electron chi connectivity index (χ1n) is 10.8. The Morgan fingerprint density at radius 3 is 2.55 bits per heavy atom. The lowest BCUT2D eigenvalue weighted by Gasteiger charge is -2.34. The molecule has 2 aromatic rings. The molecule has 2 aliphatic heterocycles. The number of aryl methyl sites for hydroxylation is 1. The number of anilines is 2. The van der Waals surface area contributed by atoms with Gasteiger partial charge in [-0.2, -0.15) is 0 Å². The maximum absolute atomic E-state index is 13.2. The van der Waals surface area contributed by atoms with Crippen molar-refractivity contribution in [1.29, 1.82) is 0 Å². The average Bonchev–Trinajstić information content (AvgIpc) is 3.10. The van der Waals surface area contributed by atoms with Gasteiger partial charge in [-0.1, -0.05) is 23.7 Å². The normalized spacial score (nSPS) is 19.7. The lowest BCUT2D eigenvalue weighted by atomic mass is 9.94. The molecule has 0 saturated carbocycles. The van der Waals surface area contributed by atoms with Crippen molar-refractivity contribution in [2.24, 2.45) is 5.92 Å². The minimum absolute atomic E-state index is 0.0197. The van der Waals surface area contributed by atoms with Crippen LogP contribution in [0.3, 0.4) is 0 Å². The van der Waals surface area contributed by atoms with Crippen LogP contribution in [0.4, 0.5) is 11.4 Å². The minimum atomic E-state index is -0.569. The second kappa shape index (κ2) is 9.41. The van der Waals surface area contributed by atoms with Gasteiger partial charge in [0.05, 0.1) is 30.9 Å². The third-order valence-corrected chi connectivity index (χ3v) is 6.73. The fourth-order valence-corrected chi connectivity index (χ4v) is 4.58. The number of phenolic OH excluding ortho intramolecular Hbond substituents is 1. The molecule has 0 aliphatic carbocycles. The van der Waals surface area contributed by atoms with Crippen LogP contribution in [0.25, 0.3) is 0 Å². The zero-order valence-electron chi connectivity index (χ0n) is 18.5. The molecule has 33 heavy (non-hydrogen) atoms. The molecular weight excluding hydrogens is 446 g/mol. The van der Waals surface area contributed by atoms with Crippen LogP contribution >= 0.6 is 11.6 Å². The average molecular weight is 472 g/mol. The molecule has 2 aliphatic rings. The Bertz CT molecular complexity index is 1100. The minimum Gasteiger partial charge on any atom is -0.506 e. The van der Waals surface area contributed by atoms with E-state index in [1.54, 1.807) is 37.3 Å². The van der Waals surface area contributed by atoms with Crippen molar-refractivity contribution < 1.29 is 24.2 Å². The Balaban J connectivity index is 1.42. The van der Waals surface area contributed by atoms with Crippen LogP contribution in [0.5, 0.6) is 11.5 Å². The highest BCUT2D eigenvalue weighted by atomic mass is 35.5. The molecule has 1 atom stereocenters. The highest BCUT2D eigenvalue weighted by molar-refractivity contribution is 6.32. The number of para-hydroxylation sites is 2. The lowest BCUT2D eigenvalue weighted by Crippen LogP contribution is -2.47. The monoisotopic (exact) mass is 471 g/mol. The van der Waals surface area contributed by atoms with E-state index >= 15 is 0 Å². The first-order valence-corrected chi connectivity index (χ1v) is 11.2. The molecule has 2 aromatic carbocycles. The first kappa shape index (κ1) is 23.1. The Morgan fingerprint density at radius 2 is 1.88 bits per heavy atom. The summed E-state index contributed by atoms with van der Waals surface area (Å²) in [6, 6.07) is 9.32. The smallest absolute Gasteiger partial charge is 0.251 e. The van der Waals surface area contributed by atoms with Crippen LogP contribution in [0.15, 0.2) is 36.4 Å². The number of methoxy groups -OCH3 is 1. The summed E-state index contributed by atoms with van der Waals surface area (Å²) in [6.07, 6.45) is 1.19. The van der Waals surface area contributed by atoms with Gasteiger partial charge in [-0.15, -0.1) is 0 Å². The van der Waals surface area contributed by atoms with Gasteiger partial charge < -0.3 is 15.2 Å². The number of aromatic hydroxyl groups is 1. The summed E-state index contributed by atoms with van der Waals surface area (Å²) in [4.78, 5) is 41.8. The number of carbonyl (C=O) groups excluding carboxylic acids is 3. The van der Waals surface area contributed by atoms with Crippen molar-refractivity contribution in [3.05, 3.63) is 47.0 Å². The molecule has 9 heteroatoms. The van der Waals surface area contributed by atoms with Gasteiger partial charge >= 0.3 is 0 Å². The van der Waals surface area contributed by atoms with Crippen molar-refractivity contribution >= 4 is 40.7 Å². The first-order chi connectivity index (χ1) is 15.8. The molecule has 3 amide bonds. The van der Waals surface area contributed by atoms with Gasteiger partial charge in [0.25, 0.3) is 5.91 Å². The summed E-state index contributed by atoms with van der Waals surface area (Å²) >= 11 is 6.17. The van der Waals surface area contributed by atoms with Crippen LogP contribution in [0.2, 0.25) is 5.02 Å². The molecule has 0 spiro atoms. The maximum Gasteiger partial charge on any atom is 0.251 e. The van der Waals surface area contributed by atoms with Crippen LogP contribution < -0.4 is 15.0 Å². The van der Waals surface area contributed by atoms with Crippen molar-refractivity contribution in [3.63, 3.8) is 0 Å². The fourth-order valence-electron chi connectivity index (χ4n) is 4.43. The molecule has 2 heterocycles. The molecule has 174 valence electrons.